The van der Waals surface area contributed by atoms with Crippen LogP contribution in [0.25, 0.3) is 0 Å². The molecular weight excluding hydrogens is 136 g/mol. The Morgan fingerprint density at radius 3 is 2.73 bits per heavy atom. The molecule has 0 saturated carbocycles. The van der Waals surface area contributed by atoms with Gasteiger partial charge in [0.15, 0.2) is 0 Å². The first kappa shape index (κ1) is 10.0. The molecule has 0 aliphatic carbocycles. The average Bonchev–Trinajstić information content (AvgIpc) is 1.96. The summed E-state index contributed by atoms with van der Waals surface area (Å²) >= 11 is 0. The molecule has 0 heterocycles. The summed E-state index contributed by atoms with van der Waals surface area (Å²) in [5, 5.41) is 0. The first-order valence-corrected chi connectivity index (χ1v) is 3.90. The van der Waals surface area contributed by atoms with Gasteiger partial charge in [-0.25, -0.2) is 0 Å². The van der Waals surface area contributed by atoms with Crippen molar-refractivity contribution < 1.29 is 4.74 Å². The van der Waals surface area contributed by atoms with Gasteiger partial charge < -0.3 is 4.74 Å². The minimum atomic E-state index is 0.994. The summed E-state index contributed by atoms with van der Waals surface area (Å²) in [6.07, 6.45) is 9.39. The normalized spacial score (nSPS) is 11.1. The molecule has 0 amide bonds. The van der Waals surface area contributed by atoms with Gasteiger partial charge in [0, 0.05) is 0 Å². The zero-order valence-electron chi connectivity index (χ0n) is 7.34. The van der Waals surface area contributed by atoms with Crippen LogP contribution in [0, 0.1) is 0 Å². The molecule has 0 saturated heterocycles. The number of hydrogen-bond acceptors (Lipinski definition) is 1. The molecule has 0 atom stereocenters. The third-order valence-corrected chi connectivity index (χ3v) is 1.06. The Balaban J connectivity index is 3.33. The summed E-state index contributed by atoms with van der Waals surface area (Å²) in [6.45, 7) is 7.76. The lowest BCUT2D eigenvalue weighted by Gasteiger charge is -1.89. The van der Waals surface area contributed by atoms with E-state index in [1.54, 1.807) is 12.5 Å². The Hall–Kier alpha value is -0.980. The number of hydrogen-bond donors (Lipinski definition) is 0. The largest absolute Gasteiger partial charge is 0.473 e. The minimum absolute atomic E-state index is 0.994. The van der Waals surface area contributed by atoms with E-state index in [1.165, 1.54) is 0 Å². The number of ether oxygens (including phenoxy) is 1. The van der Waals surface area contributed by atoms with Crippen LogP contribution in [-0.4, -0.2) is 0 Å². The van der Waals surface area contributed by atoms with Crippen LogP contribution in [0.5, 0.6) is 0 Å². The molecule has 1 nitrogen and oxygen atoms in total. The Morgan fingerprint density at radius 1 is 1.45 bits per heavy atom. The molecule has 0 aliphatic rings. The van der Waals surface area contributed by atoms with Gasteiger partial charge in [0.1, 0.15) is 0 Å². The Kier molecular flexibility index (Phi) is 6.50. The first-order valence-electron chi connectivity index (χ1n) is 3.90. The molecule has 0 fully saturated rings. The second kappa shape index (κ2) is 7.13. The monoisotopic (exact) mass is 152 g/mol. The average molecular weight is 152 g/mol. The van der Waals surface area contributed by atoms with Crippen molar-refractivity contribution in [2.24, 2.45) is 0 Å². The summed E-state index contributed by atoms with van der Waals surface area (Å²) in [5.41, 5.74) is 0.994. The molecule has 0 aromatic carbocycles. The standard InChI is InChI=1S/C10H16O/c1-4-5-6-8-11-9-7-10(2)3/h6-9H,2,4-5H2,1,3H3. The topological polar surface area (TPSA) is 9.23 Å². The quantitative estimate of drug-likeness (QED) is 0.433. The molecule has 62 valence electrons. The molecule has 1 heteroatoms. The van der Waals surface area contributed by atoms with Gasteiger partial charge in [-0.1, -0.05) is 25.5 Å². The van der Waals surface area contributed by atoms with Crippen LogP contribution >= 0.6 is 0 Å². The minimum Gasteiger partial charge on any atom is -0.473 e. The molecular formula is C10H16O. The van der Waals surface area contributed by atoms with E-state index in [-0.39, 0.29) is 0 Å². The van der Waals surface area contributed by atoms with E-state index in [4.69, 9.17) is 4.74 Å². The second-order valence-corrected chi connectivity index (χ2v) is 2.45. The first-order chi connectivity index (χ1) is 5.27. The maximum absolute atomic E-state index is 5.02. The summed E-state index contributed by atoms with van der Waals surface area (Å²) in [7, 11) is 0. The SMILES string of the molecule is C=C(C)C=COC=CCCC. The highest BCUT2D eigenvalue weighted by Crippen LogP contribution is 1.92. The molecule has 0 N–H and O–H groups in total. The van der Waals surface area contributed by atoms with Gasteiger partial charge in [0.2, 0.25) is 0 Å². The number of unbranched alkanes of at least 4 members (excludes halogenated alkanes) is 1. The predicted molar refractivity (Wildman–Crippen MR) is 49.1 cm³/mol. The van der Waals surface area contributed by atoms with Crippen LogP contribution in [0.2, 0.25) is 0 Å². The highest BCUT2D eigenvalue weighted by atomic mass is 16.5. The van der Waals surface area contributed by atoms with E-state index in [0.717, 1.165) is 18.4 Å². The van der Waals surface area contributed by atoms with Crippen LogP contribution in [-0.2, 0) is 4.74 Å². The second-order valence-electron chi connectivity index (χ2n) is 2.45. The fourth-order valence-electron chi connectivity index (χ4n) is 0.491. The predicted octanol–water partition coefficient (Wildman–Crippen LogP) is 3.41. The van der Waals surface area contributed by atoms with Crippen molar-refractivity contribution in [2.45, 2.75) is 26.7 Å². The Morgan fingerprint density at radius 2 is 2.18 bits per heavy atom. The molecule has 0 aliphatic heterocycles. The van der Waals surface area contributed by atoms with Crippen molar-refractivity contribution in [1.82, 2.24) is 0 Å². The lowest BCUT2D eigenvalue weighted by atomic mass is 10.3. The molecule has 0 bridgehead atoms. The summed E-state index contributed by atoms with van der Waals surface area (Å²) in [6, 6.07) is 0. The zero-order chi connectivity index (χ0) is 8.53. The van der Waals surface area contributed by atoms with Gasteiger partial charge >= 0.3 is 0 Å². The summed E-state index contributed by atoms with van der Waals surface area (Å²) in [5.74, 6) is 0. The summed E-state index contributed by atoms with van der Waals surface area (Å²) in [4.78, 5) is 0. The Labute approximate surface area is 69.1 Å². The highest BCUT2D eigenvalue weighted by Gasteiger charge is 1.73. The van der Waals surface area contributed by atoms with Crippen molar-refractivity contribution in [3.05, 3.63) is 36.8 Å². The van der Waals surface area contributed by atoms with Gasteiger partial charge in [-0.05, 0) is 25.5 Å². The van der Waals surface area contributed by atoms with Crippen LogP contribution in [0.1, 0.15) is 26.7 Å². The molecule has 11 heavy (non-hydrogen) atoms. The van der Waals surface area contributed by atoms with E-state index >= 15 is 0 Å². The number of allylic oxidation sites excluding steroid dienone is 3. The zero-order valence-corrected chi connectivity index (χ0v) is 7.34. The van der Waals surface area contributed by atoms with Crippen molar-refractivity contribution in [3.8, 4) is 0 Å². The van der Waals surface area contributed by atoms with E-state index < -0.39 is 0 Å². The van der Waals surface area contributed by atoms with Gasteiger partial charge in [0.05, 0.1) is 12.5 Å². The summed E-state index contributed by atoms with van der Waals surface area (Å²) < 4.78 is 5.02. The van der Waals surface area contributed by atoms with Gasteiger partial charge in [0.25, 0.3) is 0 Å². The van der Waals surface area contributed by atoms with Crippen LogP contribution in [0.4, 0.5) is 0 Å². The fourth-order valence-corrected chi connectivity index (χ4v) is 0.491. The van der Waals surface area contributed by atoms with Crippen LogP contribution < -0.4 is 0 Å². The van der Waals surface area contributed by atoms with Crippen molar-refractivity contribution >= 4 is 0 Å². The lowest BCUT2D eigenvalue weighted by Crippen LogP contribution is -1.68. The van der Waals surface area contributed by atoms with Gasteiger partial charge in [-0.15, -0.1) is 0 Å². The Bertz CT molecular complexity index is 154. The molecule has 0 aromatic rings. The number of rotatable bonds is 5. The fraction of sp³-hybridized carbons (Fsp3) is 0.400. The van der Waals surface area contributed by atoms with E-state index in [0.29, 0.717) is 0 Å². The van der Waals surface area contributed by atoms with E-state index in [9.17, 15) is 0 Å². The van der Waals surface area contributed by atoms with Crippen LogP contribution in [0.3, 0.4) is 0 Å². The molecule has 0 unspecified atom stereocenters. The molecule has 0 radical (unpaired) electrons. The van der Waals surface area contributed by atoms with E-state index in [2.05, 4.69) is 13.5 Å². The lowest BCUT2D eigenvalue weighted by molar-refractivity contribution is 0.400. The third kappa shape index (κ3) is 9.02. The smallest absolute Gasteiger partial charge is 0.0903 e. The maximum Gasteiger partial charge on any atom is 0.0903 e. The van der Waals surface area contributed by atoms with Crippen molar-refractivity contribution in [3.63, 3.8) is 0 Å². The van der Waals surface area contributed by atoms with Crippen molar-refractivity contribution in [2.75, 3.05) is 0 Å². The third-order valence-electron chi connectivity index (χ3n) is 1.06. The van der Waals surface area contributed by atoms with Gasteiger partial charge in [-0.2, -0.15) is 0 Å². The van der Waals surface area contributed by atoms with Gasteiger partial charge in [-0.3, -0.25) is 0 Å². The molecule has 0 rings (SSSR count). The highest BCUT2D eigenvalue weighted by molar-refractivity contribution is 5.08. The molecule has 0 aromatic heterocycles. The van der Waals surface area contributed by atoms with Crippen LogP contribution in [0.15, 0.2) is 36.8 Å². The van der Waals surface area contributed by atoms with Crippen molar-refractivity contribution in [1.29, 1.82) is 0 Å². The maximum atomic E-state index is 5.02. The van der Waals surface area contributed by atoms with E-state index in [1.807, 2.05) is 19.1 Å². The molecule has 0 spiro atoms.